The van der Waals surface area contributed by atoms with Crippen LogP contribution in [0.5, 0.6) is 0 Å². The van der Waals surface area contributed by atoms with Crippen LogP contribution >= 0.6 is 70.6 Å². The molecule has 1 aliphatic rings. The normalized spacial score (nSPS) is 17.5. The average molecular weight is 615 g/mol. The number of thioether (sulfide) groups is 6. The lowest BCUT2D eigenvalue weighted by atomic mass is 10.3. The van der Waals surface area contributed by atoms with Crippen molar-refractivity contribution < 1.29 is 4.58 Å². The fourth-order valence-electron chi connectivity index (χ4n) is 4.97. The highest BCUT2D eigenvalue weighted by Gasteiger charge is 2.59. The van der Waals surface area contributed by atoms with Gasteiger partial charge in [-0.1, -0.05) is 0 Å². The van der Waals surface area contributed by atoms with E-state index >= 15 is 0 Å². The first kappa shape index (κ1) is 35.7. The second-order valence-electron chi connectivity index (χ2n) is 9.45. The fourth-order valence-corrected chi connectivity index (χ4v) is 7.47. The standard InChI is InChI=1S/C27H56N3S6/c1-31-19-7-13-28(14-8-20-32-2)25-26(29(15-9-21-33-3)16-10-22-34-4)27(25)30(17-11-23-35-5)18-12-24-36-6/h25-26H,7-24H2,1-6H3/q+1. The summed E-state index contributed by atoms with van der Waals surface area (Å²) in [5, 5.41) is 0. The molecule has 0 saturated heterocycles. The van der Waals surface area contributed by atoms with Crippen molar-refractivity contribution in [3.8, 4) is 0 Å². The summed E-state index contributed by atoms with van der Waals surface area (Å²) in [6.07, 6.45) is 21.4. The van der Waals surface area contributed by atoms with Crippen molar-refractivity contribution in [2.24, 2.45) is 0 Å². The van der Waals surface area contributed by atoms with Crippen LogP contribution in [-0.2, 0) is 0 Å². The van der Waals surface area contributed by atoms with Crippen molar-refractivity contribution in [3.05, 3.63) is 0 Å². The minimum absolute atomic E-state index is 0.640. The third kappa shape index (κ3) is 14.9. The van der Waals surface area contributed by atoms with Gasteiger partial charge < -0.3 is 0 Å². The van der Waals surface area contributed by atoms with Gasteiger partial charge in [0.2, 0.25) is 0 Å². The van der Waals surface area contributed by atoms with Crippen molar-refractivity contribution in [3.63, 3.8) is 0 Å². The number of hydrogen-bond donors (Lipinski definition) is 0. The Bertz CT molecular complexity index is 488. The molecule has 0 heterocycles. The van der Waals surface area contributed by atoms with Gasteiger partial charge in [0.15, 0.2) is 5.71 Å². The molecule has 1 saturated carbocycles. The zero-order chi connectivity index (χ0) is 26.4. The Balaban J connectivity index is 3.25. The molecule has 0 amide bonds. The predicted octanol–water partition coefficient (Wildman–Crippen LogP) is 6.31. The topological polar surface area (TPSA) is 9.49 Å². The highest BCUT2D eigenvalue weighted by molar-refractivity contribution is 7.99. The van der Waals surface area contributed by atoms with Gasteiger partial charge in [-0.25, -0.2) is 4.58 Å². The van der Waals surface area contributed by atoms with E-state index < -0.39 is 0 Å². The highest BCUT2D eigenvalue weighted by Crippen LogP contribution is 2.33. The molecule has 0 N–H and O–H groups in total. The van der Waals surface area contributed by atoms with Crippen LogP contribution in [0, 0.1) is 0 Å². The summed E-state index contributed by atoms with van der Waals surface area (Å²) in [6.45, 7) is 7.51. The van der Waals surface area contributed by atoms with E-state index in [4.69, 9.17) is 0 Å². The van der Waals surface area contributed by atoms with E-state index in [1.54, 1.807) is 5.71 Å². The smallest absolute Gasteiger partial charge is 0.191 e. The maximum absolute atomic E-state index is 2.90. The summed E-state index contributed by atoms with van der Waals surface area (Å²) in [5.41, 5.74) is 1.78. The molecule has 0 radical (unpaired) electrons. The second-order valence-corrected chi connectivity index (χ2v) is 15.4. The lowest BCUT2D eigenvalue weighted by Gasteiger charge is -2.25. The largest absolute Gasteiger partial charge is 0.289 e. The minimum atomic E-state index is 0.640. The molecule has 1 aliphatic carbocycles. The highest BCUT2D eigenvalue weighted by atomic mass is 32.2. The molecule has 2 atom stereocenters. The Morgan fingerprint density at radius 1 is 0.472 bits per heavy atom. The Morgan fingerprint density at radius 3 is 1.03 bits per heavy atom. The second kappa shape index (κ2) is 24.5. The molecule has 0 aliphatic heterocycles. The molecule has 214 valence electrons. The zero-order valence-corrected chi connectivity index (χ0v) is 29.1. The molecule has 3 nitrogen and oxygen atoms in total. The Hall–Kier alpha value is 1.69. The summed E-state index contributed by atoms with van der Waals surface area (Å²) in [5.74, 6) is 7.67. The lowest BCUT2D eigenvalue weighted by Crippen LogP contribution is -2.37. The van der Waals surface area contributed by atoms with Gasteiger partial charge in [0.1, 0.15) is 25.2 Å². The maximum atomic E-state index is 2.90. The zero-order valence-electron chi connectivity index (χ0n) is 24.2. The van der Waals surface area contributed by atoms with Gasteiger partial charge in [0.05, 0.1) is 0 Å². The van der Waals surface area contributed by atoms with Crippen molar-refractivity contribution in [2.45, 2.75) is 50.6 Å². The van der Waals surface area contributed by atoms with E-state index in [0.29, 0.717) is 12.1 Å². The minimum Gasteiger partial charge on any atom is -0.289 e. The number of hydrogen-bond acceptors (Lipinski definition) is 8. The van der Waals surface area contributed by atoms with Crippen LogP contribution in [0.1, 0.15) is 38.5 Å². The van der Waals surface area contributed by atoms with E-state index in [0.717, 1.165) is 0 Å². The first-order chi connectivity index (χ1) is 17.7. The monoisotopic (exact) mass is 614 g/mol. The van der Waals surface area contributed by atoms with Gasteiger partial charge in [-0.15, -0.1) is 0 Å². The van der Waals surface area contributed by atoms with Gasteiger partial charge in [-0.2, -0.15) is 70.6 Å². The van der Waals surface area contributed by atoms with Gasteiger partial charge in [-0.05, 0) is 124 Å². The molecule has 1 rings (SSSR count). The molecule has 0 aromatic heterocycles. The molecule has 0 aromatic rings. The fraction of sp³-hybridized carbons (Fsp3) is 0.963. The van der Waals surface area contributed by atoms with Gasteiger partial charge in [-0.3, -0.25) is 9.80 Å². The van der Waals surface area contributed by atoms with Gasteiger partial charge in [0, 0.05) is 12.8 Å². The van der Waals surface area contributed by atoms with Gasteiger partial charge in [0.25, 0.3) is 0 Å². The molecule has 9 heteroatoms. The van der Waals surface area contributed by atoms with Crippen molar-refractivity contribution in [1.29, 1.82) is 0 Å². The summed E-state index contributed by atoms with van der Waals surface area (Å²) in [7, 11) is 0. The van der Waals surface area contributed by atoms with Crippen LogP contribution in [0.3, 0.4) is 0 Å². The number of rotatable bonds is 26. The first-order valence-corrected chi connectivity index (χ1v) is 22.1. The summed E-state index contributed by atoms with van der Waals surface area (Å²) in [6, 6.07) is 1.28. The van der Waals surface area contributed by atoms with Crippen LogP contribution in [0.2, 0.25) is 0 Å². The molecular formula is C27H56N3S6+. The van der Waals surface area contributed by atoms with Crippen LogP contribution < -0.4 is 0 Å². The molecule has 36 heavy (non-hydrogen) atoms. The van der Waals surface area contributed by atoms with Crippen LogP contribution in [0.4, 0.5) is 0 Å². The number of nitrogens with zero attached hydrogens (tertiary/aromatic N) is 3. The third-order valence-corrected chi connectivity index (χ3v) is 10.9. The SMILES string of the molecule is CSCCCN(CCCSC)C1C(=[N+](CCCSC)CCCSC)C1N(CCCSC)CCCSC. The summed E-state index contributed by atoms with van der Waals surface area (Å²) in [4.78, 5) is 5.80. The van der Waals surface area contributed by atoms with Gasteiger partial charge >= 0.3 is 0 Å². The average Bonchev–Trinajstić information content (AvgIpc) is 3.61. The van der Waals surface area contributed by atoms with E-state index in [2.05, 4.69) is 51.9 Å². The Morgan fingerprint density at radius 2 is 0.750 bits per heavy atom. The molecular weight excluding hydrogens is 559 g/mol. The molecule has 0 aromatic carbocycles. The van der Waals surface area contributed by atoms with Crippen LogP contribution in [-0.4, -0.2) is 143 Å². The molecule has 0 spiro atoms. The predicted molar refractivity (Wildman–Crippen MR) is 184 cm³/mol. The lowest BCUT2D eigenvalue weighted by molar-refractivity contribution is -0.526. The maximum Gasteiger partial charge on any atom is 0.191 e. The quantitative estimate of drug-likeness (QED) is 0.0818. The Labute approximate surface area is 251 Å². The Kier molecular flexibility index (Phi) is 24.3. The van der Waals surface area contributed by atoms with Crippen LogP contribution in [0.25, 0.3) is 0 Å². The van der Waals surface area contributed by atoms with Crippen molar-refractivity contribution in [2.75, 3.05) is 111 Å². The summed E-state index contributed by atoms with van der Waals surface area (Å²) < 4.78 is 2.86. The van der Waals surface area contributed by atoms with E-state index in [1.165, 1.54) is 112 Å². The first-order valence-electron chi connectivity index (χ1n) is 13.7. The van der Waals surface area contributed by atoms with E-state index in [9.17, 15) is 0 Å². The molecule has 1 fully saturated rings. The third-order valence-electron chi connectivity index (χ3n) is 6.68. The van der Waals surface area contributed by atoms with Crippen molar-refractivity contribution in [1.82, 2.24) is 9.80 Å². The van der Waals surface area contributed by atoms with E-state index in [1.807, 2.05) is 70.6 Å². The van der Waals surface area contributed by atoms with Crippen molar-refractivity contribution >= 4 is 76.3 Å². The molecule has 0 bridgehead atoms. The van der Waals surface area contributed by atoms with Crippen LogP contribution in [0.15, 0.2) is 0 Å². The molecule has 2 unspecified atom stereocenters. The van der Waals surface area contributed by atoms with E-state index in [-0.39, 0.29) is 0 Å². The summed E-state index contributed by atoms with van der Waals surface area (Å²) >= 11 is 12.0.